The Kier molecular flexibility index (Phi) is 3.89. The summed E-state index contributed by atoms with van der Waals surface area (Å²) in [6.07, 6.45) is 2.78. The number of carbonyl (C=O) groups excluding carboxylic acids is 2. The van der Waals surface area contributed by atoms with Gasteiger partial charge in [-0.15, -0.1) is 0 Å². The molecule has 5 nitrogen and oxygen atoms in total. The van der Waals surface area contributed by atoms with Crippen LogP contribution in [0.3, 0.4) is 0 Å². The van der Waals surface area contributed by atoms with Crippen molar-refractivity contribution in [1.82, 2.24) is 9.80 Å². The van der Waals surface area contributed by atoms with E-state index >= 15 is 0 Å². The van der Waals surface area contributed by atoms with E-state index < -0.39 is 0 Å². The van der Waals surface area contributed by atoms with Crippen LogP contribution in [0.25, 0.3) is 0 Å². The number of hydrogen-bond acceptors (Lipinski definition) is 3. The molecule has 2 aliphatic heterocycles. The summed E-state index contributed by atoms with van der Waals surface area (Å²) < 4.78 is 0.906. The zero-order chi connectivity index (χ0) is 15.0. The van der Waals surface area contributed by atoms with E-state index in [1.807, 2.05) is 18.2 Å². The Hall–Kier alpha value is -1.56. The van der Waals surface area contributed by atoms with Crippen LogP contribution in [0.5, 0.6) is 0 Å². The van der Waals surface area contributed by atoms with Crippen molar-refractivity contribution in [2.24, 2.45) is 0 Å². The monoisotopic (exact) mass is 351 g/mol. The Morgan fingerprint density at radius 1 is 1.29 bits per heavy atom. The number of anilines is 1. The van der Waals surface area contributed by atoms with Gasteiger partial charge in [0.2, 0.25) is 11.8 Å². The van der Waals surface area contributed by atoms with Crippen LogP contribution in [0.4, 0.5) is 5.69 Å². The summed E-state index contributed by atoms with van der Waals surface area (Å²) in [5.74, 6) is 0.103. The zero-order valence-corrected chi connectivity index (χ0v) is 13.3. The molecule has 2 heterocycles. The number of piperazine rings is 1. The van der Waals surface area contributed by atoms with E-state index in [1.54, 1.807) is 9.80 Å². The molecule has 112 valence electrons. The van der Waals surface area contributed by atoms with Gasteiger partial charge in [-0.25, -0.2) is 0 Å². The van der Waals surface area contributed by atoms with Gasteiger partial charge in [0, 0.05) is 23.2 Å². The predicted octanol–water partition coefficient (Wildman–Crippen LogP) is 1.75. The Balaban J connectivity index is 1.79. The second-order valence-electron chi connectivity index (χ2n) is 5.64. The number of amides is 2. The Morgan fingerprint density at radius 3 is 2.86 bits per heavy atom. The fourth-order valence-electron chi connectivity index (χ4n) is 3.08. The third-order valence-corrected chi connectivity index (χ3v) is 4.71. The Morgan fingerprint density at radius 2 is 2.10 bits per heavy atom. The van der Waals surface area contributed by atoms with E-state index in [2.05, 4.69) is 15.9 Å². The van der Waals surface area contributed by atoms with Crippen LogP contribution in [0.2, 0.25) is 0 Å². The van der Waals surface area contributed by atoms with Gasteiger partial charge in [-0.05, 0) is 37.0 Å². The molecule has 2 aliphatic rings. The molecule has 1 aromatic carbocycles. The van der Waals surface area contributed by atoms with E-state index in [0.29, 0.717) is 18.8 Å². The van der Waals surface area contributed by atoms with E-state index in [0.717, 1.165) is 29.3 Å². The highest BCUT2D eigenvalue weighted by Gasteiger charge is 2.40. The maximum absolute atomic E-state index is 12.6. The first kappa shape index (κ1) is 14.4. The number of halogens is 1. The van der Waals surface area contributed by atoms with Gasteiger partial charge in [0.1, 0.15) is 12.6 Å². The number of nitrogen functional groups attached to an aromatic ring is 1. The lowest BCUT2D eigenvalue weighted by Crippen LogP contribution is -2.60. The zero-order valence-electron chi connectivity index (χ0n) is 11.7. The van der Waals surface area contributed by atoms with E-state index in [-0.39, 0.29) is 24.4 Å². The number of benzene rings is 1. The maximum Gasteiger partial charge on any atom is 0.246 e. The maximum atomic E-state index is 12.6. The normalized spacial score (nSPS) is 22.4. The Bertz CT molecular complexity index is 590. The SMILES string of the molecule is Nc1cc(Br)ccc1CN1CC(=O)N2CCCCC2C1=O. The third kappa shape index (κ3) is 2.77. The minimum atomic E-state index is -0.267. The van der Waals surface area contributed by atoms with Crippen LogP contribution in [-0.2, 0) is 16.1 Å². The molecule has 21 heavy (non-hydrogen) atoms. The molecule has 2 N–H and O–H groups in total. The van der Waals surface area contributed by atoms with Crippen LogP contribution in [0, 0.1) is 0 Å². The first-order chi connectivity index (χ1) is 10.1. The lowest BCUT2D eigenvalue weighted by Gasteiger charge is -2.42. The van der Waals surface area contributed by atoms with Gasteiger partial charge in [0.15, 0.2) is 0 Å². The van der Waals surface area contributed by atoms with Crippen LogP contribution < -0.4 is 5.73 Å². The summed E-state index contributed by atoms with van der Waals surface area (Å²) in [5.41, 5.74) is 7.50. The van der Waals surface area contributed by atoms with Gasteiger partial charge < -0.3 is 15.5 Å². The van der Waals surface area contributed by atoms with Gasteiger partial charge in [0.25, 0.3) is 0 Å². The lowest BCUT2D eigenvalue weighted by atomic mass is 9.98. The van der Waals surface area contributed by atoms with Gasteiger partial charge in [-0.2, -0.15) is 0 Å². The van der Waals surface area contributed by atoms with Crippen LogP contribution >= 0.6 is 15.9 Å². The summed E-state index contributed by atoms with van der Waals surface area (Å²) in [7, 11) is 0. The smallest absolute Gasteiger partial charge is 0.246 e. The lowest BCUT2D eigenvalue weighted by molar-refractivity contribution is -0.158. The number of carbonyl (C=O) groups is 2. The summed E-state index contributed by atoms with van der Waals surface area (Å²) in [6, 6.07) is 5.34. The molecule has 1 aromatic rings. The minimum absolute atomic E-state index is 0.0509. The summed E-state index contributed by atoms with van der Waals surface area (Å²) in [4.78, 5) is 28.2. The molecular formula is C15H18BrN3O2. The van der Waals surface area contributed by atoms with Crippen LogP contribution in [-0.4, -0.2) is 40.7 Å². The molecule has 0 aromatic heterocycles. The first-order valence-corrected chi connectivity index (χ1v) is 7.98. The number of rotatable bonds is 2. The summed E-state index contributed by atoms with van der Waals surface area (Å²) in [6.45, 7) is 1.27. The number of nitrogens with zero attached hydrogens (tertiary/aromatic N) is 2. The Labute approximate surface area is 132 Å². The van der Waals surface area contributed by atoms with E-state index in [9.17, 15) is 9.59 Å². The van der Waals surface area contributed by atoms with Crippen LogP contribution in [0.1, 0.15) is 24.8 Å². The van der Waals surface area contributed by atoms with E-state index in [1.165, 1.54) is 0 Å². The van der Waals surface area contributed by atoms with Gasteiger partial charge >= 0.3 is 0 Å². The molecule has 1 atom stereocenters. The molecule has 1 unspecified atom stereocenters. The molecule has 0 spiro atoms. The molecule has 2 fully saturated rings. The van der Waals surface area contributed by atoms with Crippen molar-refractivity contribution in [3.63, 3.8) is 0 Å². The molecule has 2 saturated heterocycles. The average molecular weight is 352 g/mol. The topological polar surface area (TPSA) is 66.6 Å². The predicted molar refractivity (Wildman–Crippen MR) is 83.3 cm³/mol. The number of hydrogen-bond donors (Lipinski definition) is 1. The van der Waals surface area contributed by atoms with Gasteiger partial charge in [0.05, 0.1) is 0 Å². The van der Waals surface area contributed by atoms with Crippen molar-refractivity contribution in [3.05, 3.63) is 28.2 Å². The fourth-order valence-corrected chi connectivity index (χ4v) is 3.46. The van der Waals surface area contributed by atoms with Crippen molar-refractivity contribution in [3.8, 4) is 0 Å². The number of fused-ring (bicyclic) bond motifs is 1. The molecule has 0 aliphatic carbocycles. The van der Waals surface area contributed by atoms with E-state index in [4.69, 9.17) is 5.73 Å². The summed E-state index contributed by atoms with van der Waals surface area (Å²) in [5, 5.41) is 0. The quantitative estimate of drug-likeness (QED) is 0.825. The van der Waals surface area contributed by atoms with Crippen molar-refractivity contribution in [2.45, 2.75) is 31.8 Å². The highest BCUT2D eigenvalue weighted by molar-refractivity contribution is 9.10. The molecule has 0 saturated carbocycles. The van der Waals surface area contributed by atoms with Crippen LogP contribution in [0.15, 0.2) is 22.7 Å². The highest BCUT2D eigenvalue weighted by atomic mass is 79.9. The molecule has 0 radical (unpaired) electrons. The first-order valence-electron chi connectivity index (χ1n) is 7.18. The average Bonchev–Trinajstić information content (AvgIpc) is 2.47. The highest BCUT2D eigenvalue weighted by Crippen LogP contribution is 2.26. The molecular weight excluding hydrogens is 334 g/mol. The van der Waals surface area contributed by atoms with Gasteiger partial charge in [-0.3, -0.25) is 9.59 Å². The number of piperidine rings is 1. The molecule has 6 heteroatoms. The standard InChI is InChI=1S/C15H18BrN3O2/c16-11-5-4-10(12(17)7-11)8-18-9-14(20)19-6-2-1-3-13(19)15(18)21/h4-5,7,13H,1-3,6,8-9,17H2. The van der Waals surface area contributed by atoms with Crippen molar-refractivity contribution >= 4 is 33.4 Å². The largest absolute Gasteiger partial charge is 0.398 e. The van der Waals surface area contributed by atoms with Crippen molar-refractivity contribution in [2.75, 3.05) is 18.8 Å². The summed E-state index contributed by atoms with van der Waals surface area (Å²) >= 11 is 3.37. The molecule has 0 bridgehead atoms. The van der Waals surface area contributed by atoms with Crippen molar-refractivity contribution in [1.29, 1.82) is 0 Å². The number of nitrogens with two attached hydrogens (primary N) is 1. The minimum Gasteiger partial charge on any atom is -0.398 e. The molecule has 2 amide bonds. The molecule has 3 rings (SSSR count). The third-order valence-electron chi connectivity index (χ3n) is 4.22. The van der Waals surface area contributed by atoms with Crippen molar-refractivity contribution < 1.29 is 9.59 Å². The second kappa shape index (κ2) is 5.67. The van der Waals surface area contributed by atoms with Gasteiger partial charge in [-0.1, -0.05) is 22.0 Å². The fraction of sp³-hybridized carbons (Fsp3) is 0.467. The second-order valence-corrected chi connectivity index (χ2v) is 6.55.